The molecule has 3 unspecified atom stereocenters. The predicted molar refractivity (Wildman–Crippen MR) is 89.9 cm³/mol. The second-order valence-corrected chi connectivity index (χ2v) is 5.74. The van der Waals surface area contributed by atoms with Gasteiger partial charge in [-0.2, -0.15) is 0 Å². The molecule has 0 rings (SSSR count). The van der Waals surface area contributed by atoms with Crippen molar-refractivity contribution in [3.8, 4) is 0 Å². The van der Waals surface area contributed by atoms with E-state index in [0.717, 1.165) is 0 Å². The number of nitrogens with one attached hydrogen (secondary N) is 3. The van der Waals surface area contributed by atoms with Crippen molar-refractivity contribution >= 4 is 29.7 Å². The number of carboxylic acid groups (broad SMARTS) is 2. The van der Waals surface area contributed by atoms with Crippen LogP contribution in [0.5, 0.6) is 0 Å². The highest BCUT2D eigenvalue weighted by Gasteiger charge is 2.29. The van der Waals surface area contributed by atoms with E-state index in [0.29, 0.717) is 6.42 Å². The SMILES string of the molecule is CCC(C)C(NC(=O)CNC(=O)CN)C(=O)NC(CCC(=O)O)C(=O)O. The van der Waals surface area contributed by atoms with Crippen LogP contribution in [0, 0.1) is 5.92 Å². The van der Waals surface area contributed by atoms with Crippen LogP contribution in [-0.2, 0) is 24.0 Å². The van der Waals surface area contributed by atoms with Gasteiger partial charge in [-0.3, -0.25) is 19.2 Å². The molecule has 3 amide bonds. The van der Waals surface area contributed by atoms with Gasteiger partial charge < -0.3 is 31.9 Å². The monoisotopic (exact) mass is 374 g/mol. The van der Waals surface area contributed by atoms with Gasteiger partial charge in [-0.25, -0.2) is 4.79 Å². The number of carbonyl (C=O) groups is 5. The highest BCUT2D eigenvalue weighted by molar-refractivity contribution is 5.92. The summed E-state index contributed by atoms with van der Waals surface area (Å²) in [6, 6.07) is -2.42. The minimum atomic E-state index is -1.39. The van der Waals surface area contributed by atoms with Gasteiger partial charge in [0.1, 0.15) is 12.1 Å². The Labute approximate surface area is 150 Å². The lowest BCUT2D eigenvalue weighted by atomic mass is 9.97. The zero-order valence-corrected chi connectivity index (χ0v) is 14.8. The molecule has 0 saturated carbocycles. The molecule has 11 heteroatoms. The van der Waals surface area contributed by atoms with Crippen molar-refractivity contribution in [1.82, 2.24) is 16.0 Å². The summed E-state index contributed by atoms with van der Waals surface area (Å²) in [4.78, 5) is 57.1. The van der Waals surface area contributed by atoms with E-state index in [2.05, 4.69) is 16.0 Å². The Bertz CT molecular complexity index is 538. The van der Waals surface area contributed by atoms with Crippen molar-refractivity contribution < 1.29 is 34.2 Å². The van der Waals surface area contributed by atoms with E-state index in [4.69, 9.17) is 15.9 Å². The van der Waals surface area contributed by atoms with E-state index in [1.807, 2.05) is 0 Å². The van der Waals surface area contributed by atoms with Gasteiger partial charge in [0.05, 0.1) is 13.1 Å². The zero-order valence-electron chi connectivity index (χ0n) is 14.8. The third kappa shape index (κ3) is 8.97. The van der Waals surface area contributed by atoms with Crippen LogP contribution in [-0.4, -0.2) is 65.0 Å². The first-order valence-corrected chi connectivity index (χ1v) is 8.13. The number of amides is 3. The van der Waals surface area contributed by atoms with Gasteiger partial charge in [0, 0.05) is 6.42 Å². The summed E-state index contributed by atoms with van der Waals surface area (Å²) < 4.78 is 0. The first kappa shape index (κ1) is 23.3. The van der Waals surface area contributed by atoms with Gasteiger partial charge in [0.15, 0.2) is 0 Å². The van der Waals surface area contributed by atoms with E-state index >= 15 is 0 Å². The van der Waals surface area contributed by atoms with E-state index in [-0.39, 0.29) is 25.4 Å². The summed E-state index contributed by atoms with van der Waals surface area (Å²) in [7, 11) is 0. The maximum absolute atomic E-state index is 12.4. The summed E-state index contributed by atoms with van der Waals surface area (Å²) in [6.07, 6.45) is -0.201. The summed E-state index contributed by atoms with van der Waals surface area (Å²) >= 11 is 0. The Morgan fingerprint density at radius 2 is 1.65 bits per heavy atom. The van der Waals surface area contributed by atoms with Crippen LogP contribution in [0.3, 0.4) is 0 Å². The fourth-order valence-corrected chi connectivity index (χ4v) is 1.96. The third-order valence-electron chi connectivity index (χ3n) is 3.70. The fraction of sp³-hybridized carbons (Fsp3) is 0.667. The molecule has 0 saturated heterocycles. The molecule has 0 aliphatic rings. The average molecular weight is 374 g/mol. The molecule has 26 heavy (non-hydrogen) atoms. The molecule has 0 fully saturated rings. The number of aliphatic carboxylic acids is 2. The van der Waals surface area contributed by atoms with Crippen molar-refractivity contribution in [3.63, 3.8) is 0 Å². The number of hydrogen-bond acceptors (Lipinski definition) is 6. The van der Waals surface area contributed by atoms with Crippen molar-refractivity contribution in [1.29, 1.82) is 0 Å². The maximum atomic E-state index is 12.4. The molecule has 0 radical (unpaired) electrons. The van der Waals surface area contributed by atoms with Crippen molar-refractivity contribution in [2.45, 2.75) is 45.2 Å². The molecule has 148 valence electrons. The van der Waals surface area contributed by atoms with E-state index in [9.17, 15) is 24.0 Å². The predicted octanol–water partition coefficient (Wildman–Crippen LogP) is -1.97. The fourth-order valence-electron chi connectivity index (χ4n) is 1.96. The number of carboxylic acids is 2. The van der Waals surface area contributed by atoms with E-state index in [1.54, 1.807) is 13.8 Å². The standard InChI is InChI=1S/C15H26N4O7/c1-3-8(2)13(19-11(21)7-17-10(20)6-16)14(24)18-9(15(25)26)4-5-12(22)23/h8-9,13H,3-7,16H2,1-2H3,(H,17,20)(H,18,24)(H,19,21)(H,22,23)(H,25,26). The van der Waals surface area contributed by atoms with Crippen molar-refractivity contribution in [2.24, 2.45) is 11.7 Å². The third-order valence-corrected chi connectivity index (χ3v) is 3.70. The second-order valence-electron chi connectivity index (χ2n) is 5.74. The normalized spacial score (nSPS) is 13.8. The quantitative estimate of drug-likeness (QED) is 0.227. The molecule has 7 N–H and O–H groups in total. The van der Waals surface area contributed by atoms with Crippen LogP contribution in [0.4, 0.5) is 0 Å². The molecular formula is C15H26N4O7. The molecule has 0 spiro atoms. The Balaban J connectivity index is 4.95. The van der Waals surface area contributed by atoms with Gasteiger partial charge in [-0.1, -0.05) is 20.3 Å². The van der Waals surface area contributed by atoms with Gasteiger partial charge >= 0.3 is 11.9 Å². The first-order chi connectivity index (χ1) is 12.1. The second kappa shape index (κ2) is 11.8. The minimum absolute atomic E-state index is 0.285. The Morgan fingerprint density at radius 3 is 2.12 bits per heavy atom. The minimum Gasteiger partial charge on any atom is -0.481 e. The number of nitrogens with two attached hydrogens (primary N) is 1. The van der Waals surface area contributed by atoms with Gasteiger partial charge in [-0.05, 0) is 12.3 Å². The van der Waals surface area contributed by atoms with Crippen molar-refractivity contribution in [3.05, 3.63) is 0 Å². The molecule has 0 bridgehead atoms. The highest BCUT2D eigenvalue weighted by Crippen LogP contribution is 2.09. The van der Waals surface area contributed by atoms with Crippen LogP contribution in [0.1, 0.15) is 33.1 Å². The Hall–Kier alpha value is -2.69. The van der Waals surface area contributed by atoms with Gasteiger partial charge in [-0.15, -0.1) is 0 Å². The topological polar surface area (TPSA) is 188 Å². The largest absolute Gasteiger partial charge is 0.481 e. The summed E-state index contributed by atoms with van der Waals surface area (Å²) in [6.45, 7) is 2.81. The molecule has 3 atom stereocenters. The van der Waals surface area contributed by atoms with Crippen LogP contribution in [0.25, 0.3) is 0 Å². The van der Waals surface area contributed by atoms with Gasteiger partial charge in [0.25, 0.3) is 0 Å². The lowest BCUT2D eigenvalue weighted by molar-refractivity contribution is -0.143. The molecule has 0 aliphatic heterocycles. The molecule has 11 nitrogen and oxygen atoms in total. The Morgan fingerprint density at radius 1 is 1.04 bits per heavy atom. The lowest BCUT2D eigenvalue weighted by Crippen LogP contribution is -2.55. The van der Waals surface area contributed by atoms with Gasteiger partial charge in [0.2, 0.25) is 17.7 Å². The average Bonchev–Trinajstić information content (AvgIpc) is 2.59. The highest BCUT2D eigenvalue weighted by atomic mass is 16.4. The smallest absolute Gasteiger partial charge is 0.326 e. The lowest BCUT2D eigenvalue weighted by Gasteiger charge is -2.25. The molecular weight excluding hydrogens is 348 g/mol. The van der Waals surface area contributed by atoms with Crippen LogP contribution in [0.2, 0.25) is 0 Å². The zero-order chi connectivity index (χ0) is 20.3. The number of carbonyl (C=O) groups excluding carboxylic acids is 3. The van der Waals surface area contributed by atoms with Crippen molar-refractivity contribution in [2.75, 3.05) is 13.1 Å². The summed E-state index contributed by atoms with van der Waals surface area (Å²) in [5, 5.41) is 24.7. The molecule has 0 aliphatic carbocycles. The van der Waals surface area contributed by atoms with Crippen LogP contribution in [0.15, 0.2) is 0 Å². The number of hydrogen-bond donors (Lipinski definition) is 6. The van der Waals surface area contributed by atoms with Crippen LogP contribution < -0.4 is 21.7 Å². The molecule has 0 heterocycles. The van der Waals surface area contributed by atoms with Crippen LogP contribution >= 0.6 is 0 Å². The summed E-state index contributed by atoms with van der Waals surface area (Å²) in [5.74, 6) is -4.79. The maximum Gasteiger partial charge on any atom is 0.326 e. The van der Waals surface area contributed by atoms with E-state index < -0.39 is 48.2 Å². The summed E-state index contributed by atoms with van der Waals surface area (Å²) in [5.41, 5.74) is 5.11. The number of rotatable bonds is 12. The van der Waals surface area contributed by atoms with E-state index in [1.165, 1.54) is 0 Å². The Kier molecular flexibility index (Phi) is 10.6. The molecule has 0 aromatic heterocycles. The molecule has 0 aromatic rings. The molecule has 0 aromatic carbocycles. The first-order valence-electron chi connectivity index (χ1n) is 8.13.